The van der Waals surface area contributed by atoms with E-state index in [2.05, 4.69) is 17.4 Å². The van der Waals surface area contributed by atoms with Crippen LogP contribution in [0.2, 0.25) is 0 Å². The Morgan fingerprint density at radius 2 is 2.00 bits per heavy atom. The Kier molecular flexibility index (Phi) is 2.91. The fourth-order valence-corrected chi connectivity index (χ4v) is 4.17. The van der Waals surface area contributed by atoms with E-state index in [0.717, 1.165) is 5.69 Å². The van der Waals surface area contributed by atoms with Gasteiger partial charge in [-0.3, -0.25) is 4.79 Å². The van der Waals surface area contributed by atoms with E-state index in [1.54, 1.807) is 23.1 Å². The van der Waals surface area contributed by atoms with Gasteiger partial charge in [-0.15, -0.1) is 23.1 Å². The van der Waals surface area contributed by atoms with Crippen LogP contribution in [-0.4, -0.2) is 11.7 Å². The van der Waals surface area contributed by atoms with Crippen molar-refractivity contribution in [3.8, 4) is 0 Å². The van der Waals surface area contributed by atoms with Crippen molar-refractivity contribution in [1.29, 1.82) is 0 Å². The topological polar surface area (TPSA) is 29.1 Å². The molecule has 2 heterocycles. The van der Waals surface area contributed by atoms with Crippen molar-refractivity contribution >= 4 is 34.7 Å². The van der Waals surface area contributed by atoms with Crippen LogP contribution in [0, 0.1) is 0 Å². The highest BCUT2D eigenvalue weighted by Crippen LogP contribution is 2.43. The Balaban J connectivity index is 2.04. The number of anilines is 1. The van der Waals surface area contributed by atoms with E-state index in [1.165, 1.54) is 10.4 Å². The van der Waals surface area contributed by atoms with Crippen LogP contribution in [0.5, 0.6) is 0 Å². The molecule has 1 atom stereocenters. The van der Waals surface area contributed by atoms with Crippen molar-refractivity contribution < 1.29 is 4.79 Å². The number of hydrogen-bond acceptors (Lipinski definition) is 3. The van der Waals surface area contributed by atoms with Gasteiger partial charge in [-0.05, 0) is 17.0 Å². The molecule has 0 aliphatic carbocycles. The normalized spacial score (nSPS) is 19.3. The lowest BCUT2D eigenvalue weighted by atomic mass is 10.1. The van der Waals surface area contributed by atoms with E-state index in [0.29, 0.717) is 5.75 Å². The summed E-state index contributed by atoms with van der Waals surface area (Å²) in [4.78, 5) is 12.8. The summed E-state index contributed by atoms with van der Waals surface area (Å²) in [6.45, 7) is 0. The van der Waals surface area contributed by atoms with Gasteiger partial charge in [0.25, 0.3) is 0 Å². The van der Waals surface area contributed by atoms with Crippen LogP contribution in [0.3, 0.4) is 0 Å². The Morgan fingerprint density at radius 3 is 2.82 bits per heavy atom. The summed E-state index contributed by atoms with van der Waals surface area (Å²) >= 11 is 3.40. The van der Waals surface area contributed by atoms with Crippen molar-refractivity contribution in [1.82, 2.24) is 0 Å². The van der Waals surface area contributed by atoms with Gasteiger partial charge in [-0.2, -0.15) is 0 Å². The fourth-order valence-electron chi connectivity index (χ4n) is 1.92. The van der Waals surface area contributed by atoms with Crippen LogP contribution in [0.4, 0.5) is 5.69 Å². The maximum absolute atomic E-state index is 11.6. The maximum atomic E-state index is 11.6. The van der Waals surface area contributed by atoms with E-state index < -0.39 is 0 Å². The molecule has 1 aliphatic rings. The summed E-state index contributed by atoms with van der Waals surface area (Å²) < 4.78 is 0. The molecule has 2 nitrogen and oxygen atoms in total. The van der Waals surface area contributed by atoms with E-state index in [-0.39, 0.29) is 11.2 Å². The van der Waals surface area contributed by atoms with E-state index in [4.69, 9.17) is 0 Å². The number of thioether (sulfide) groups is 1. The van der Waals surface area contributed by atoms with Crippen LogP contribution < -0.4 is 5.32 Å². The predicted octanol–water partition coefficient (Wildman–Crippen LogP) is 3.52. The van der Waals surface area contributed by atoms with Crippen molar-refractivity contribution in [2.24, 2.45) is 0 Å². The lowest BCUT2D eigenvalue weighted by Gasteiger charge is -2.13. The molecular formula is C13H11NOS2. The third kappa shape index (κ3) is 2.10. The zero-order chi connectivity index (χ0) is 11.7. The first kappa shape index (κ1) is 10.9. The highest BCUT2D eigenvalue weighted by atomic mass is 32.2. The summed E-state index contributed by atoms with van der Waals surface area (Å²) in [6, 6.07) is 12.3. The summed E-state index contributed by atoms with van der Waals surface area (Å²) in [7, 11) is 0. The molecule has 1 aromatic carbocycles. The van der Waals surface area contributed by atoms with Gasteiger partial charge in [0.2, 0.25) is 5.91 Å². The number of benzene rings is 1. The lowest BCUT2D eigenvalue weighted by molar-refractivity contribution is -0.113. The molecule has 1 aromatic heterocycles. The first-order valence-corrected chi connectivity index (χ1v) is 7.31. The minimum Gasteiger partial charge on any atom is -0.324 e. The summed E-state index contributed by atoms with van der Waals surface area (Å²) in [5.74, 6) is 0.606. The molecule has 17 heavy (non-hydrogen) atoms. The van der Waals surface area contributed by atoms with E-state index >= 15 is 0 Å². The quantitative estimate of drug-likeness (QED) is 0.851. The molecule has 4 heteroatoms. The van der Waals surface area contributed by atoms with Crippen molar-refractivity contribution in [3.05, 3.63) is 52.2 Å². The third-order valence-corrected chi connectivity index (χ3v) is 5.09. The van der Waals surface area contributed by atoms with Gasteiger partial charge < -0.3 is 5.32 Å². The molecule has 0 unspecified atom stereocenters. The molecule has 0 bridgehead atoms. The molecular weight excluding hydrogens is 250 g/mol. The second kappa shape index (κ2) is 4.55. The first-order chi connectivity index (χ1) is 8.34. The van der Waals surface area contributed by atoms with Crippen LogP contribution in [-0.2, 0) is 4.79 Å². The van der Waals surface area contributed by atoms with Crippen LogP contribution >= 0.6 is 23.1 Å². The minimum absolute atomic E-state index is 0.0908. The second-order valence-corrected chi connectivity index (χ2v) is 5.89. The van der Waals surface area contributed by atoms with Crippen molar-refractivity contribution in [3.63, 3.8) is 0 Å². The highest BCUT2D eigenvalue weighted by molar-refractivity contribution is 8.00. The number of amides is 1. The highest BCUT2D eigenvalue weighted by Gasteiger charge is 2.24. The van der Waals surface area contributed by atoms with Crippen LogP contribution in [0.25, 0.3) is 0 Å². The third-order valence-electron chi connectivity index (χ3n) is 2.69. The second-order valence-electron chi connectivity index (χ2n) is 3.85. The molecule has 0 saturated carbocycles. The number of fused-ring (bicyclic) bond motifs is 1. The van der Waals surface area contributed by atoms with E-state index in [9.17, 15) is 4.79 Å². The number of rotatable bonds is 1. The molecule has 0 fully saturated rings. The number of carbonyl (C=O) groups excluding carboxylic acids is 1. The summed E-state index contributed by atoms with van der Waals surface area (Å²) in [5, 5.41) is 5.26. The van der Waals surface area contributed by atoms with Crippen LogP contribution in [0.1, 0.15) is 15.7 Å². The van der Waals surface area contributed by atoms with Gasteiger partial charge in [-0.1, -0.05) is 30.3 Å². The average Bonchev–Trinajstić information content (AvgIpc) is 2.73. The predicted molar refractivity (Wildman–Crippen MR) is 73.7 cm³/mol. The monoisotopic (exact) mass is 261 g/mol. The molecule has 0 spiro atoms. The average molecular weight is 261 g/mol. The van der Waals surface area contributed by atoms with Crippen molar-refractivity contribution in [2.75, 3.05) is 11.1 Å². The van der Waals surface area contributed by atoms with Crippen LogP contribution in [0.15, 0.2) is 41.8 Å². The lowest BCUT2D eigenvalue weighted by Crippen LogP contribution is -2.11. The molecule has 1 aliphatic heterocycles. The summed E-state index contributed by atoms with van der Waals surface area (Å²) in [5.41, 5.74) is 2.23. The SMILES string of the molecule is O=C1CS[C@H](c2ccccc2)c2sccc2N1. The molecule has 86 valence electrons. The number of carbonyl (C=O) groups is 1. The van der Waals surface area contributed by atoms with E-state index in [1.807, 2.05) is 29.6 Å². The number of nitrogens with one attached hydrogen (secondary N) is 1. The first-order valence-electron chi connectivity index (χ1n) is 5.38. The largest absolute Gasteiger partial charge is 0.324 e. The molecule has 1 N–H and O–H groups in total. The molecule has 2 aromatic rings. The molecule has 3 rings (SSSR count). The van der Waals surface area contributed by atoms with Gasteiger partial charge in [0, 0.05) is 4.88 Å². The Bertz CT molecular complexity index is 535. The Morgan fingerprint density at radius 1 is 1.18 bits per heavy atom. The maximum Gasteiger partial charge on any atom is 0.234 e. The molecule has 1 amide bonds. The van der Waals surface area contributed by atoms with Gasteiger partial charge in [0.15, 0.2) is 0 Å². The standard InChI is InChI=1S/C13H11NOS2/c15-11-8-17-12(9-4-2-1-3-5-9)13-10(14-11)6-7-16-13/h1-7,12H,8H2,(H,14,15)/t12-/m1/s1. The Hall–Kier alpha value is -1.26. The van der Waals surface area contributed by atoms with Crippen molar-refractivity contribution in [2.45, 2.75) is 5.25 Å². The zero-order valence-corrected chi connectivity index (χ0v) is 10.7. The van der Waals surface area contributed by atoms with Gasteiger partial charge in [0.05, 0.1) is 16.7 Å². The molecule has 0 saturated heterocycles. The number of hydrogen-bond donors (Lipinski definition) is 1. The Labute approximate surface area is 108 Å². The van der Waals surface area contributed by atoms with Gasteiger partial charge >= 0.3 is 0 Å². The smallest absolute Gasteiger partial charge is 0.234 e. The minimum atomic E-state index is 0.0908. The van der Waals surface area contributed by atoms with Gasteiger partial charge in [0.1, 0.15) is 0 Å². The molecule has 0 radical (unpaired) electrons. The zero-order valence-electron chi connectivity index (χ0n) is 9.05. The summed E-state index contributed by atoms with van der Waals surface area (Å²) in [6.07, 6.45) is 0. The van der Waals surface area contributed by atoms with Gasteiger partial charge in [-0.25, -0.2) is 0 Å². The fraction of sp³-hybridized carbons (Fsp3) is 0.154. The number of thiophene rings is 1.